The van der Waals surface area contributed by atoms with Crippen LogP contribution in [0.5, 0.6) is 0 Å². The molecule has 2 aromatic heterocycles. The van der Waals surface area contributed by atoms with Gasteiger partial charge in [0.2, 0.25) is 0 Å². The number of rotatable bonds is 3. The Kier molecular flexibility index (Phi) is 4.50. The fourth-order valence-corrected chi connectivity index (χ4v) is 4.57. The molecule has 4 heterocycles. The van der Waals surface area contributed by atoms with Gasteiger partial charge < -0.3 is 9.80 Å². The second-order valence-electron chi connectivity index (χ2n) is 7.78. The molecule has 1 unspecified atom stereocenters. The van der Waals surface area contributed by atoms with Gasteiger partial charge in [0.1, 0.15) is 17.3 Å². The molecule has 1 N–H and O–H groups in total. The highest BCUT2D eigenvalue weighted by Crippen LogP contribution is 2.27. The third-order valence-corrected chi connectivity index (χ3v) is 6.08. The van der Waals surface area contributed by atoms with Gasteiger partial charge in [-0.3, -0.25) is 4.79 Å². The highest BCUT2D eigenvalue weighted by molar-refractivity contribution is 6.00. The second kappa shape index (κ2) is 7.18. The van der Waals surface area contributed by atoms with Gasteiger partial charge in [0.25, 0.3) is 12.3 Å². The van der Waals surface area contributed by atoms with Gasteiger partial charge >= 0.3 is 0 Å². The quantitative estimate of drug-likeness (QED) is 0.733. The Morgan fingerprint density at radius 3 is 2.83 bits per heavy atom. The van der Waals surface area contributed by atoms with Gasteiger partial charge in [-0.25, -0.2) is 18.3 Å². The number of quaternary nitrogens is 1. The topological polar surface area (TPSA) is 54.9 Å². The van der Waals surface area contributed by atoms with E-state index in [0.717, 1.165) is 23.0 Å². The van der Waals surface area contributed by atoms with E-state index in [0.29, 0.717) is 24.8 Å². The molecule has 2 aliphatic heterocycles. The lowest BCUT2D eigenvalue weighted by Crippen LogP contribution is -3.16. The van der Waals surface area contributed by atoms with Crippen LogP contribution in [0.3, 0.4) is 0 Å². The Hall–Kier alpha value is -2.87. The summed E-state index contributed by atoms with van der Waals surface area (Å²) in [6.07, 6.45) is 0.966. The van der Waals surface area contributed by atoms with Gasteiger partial charge in [0, 0.05) is 18.4 Å². The van der Waals surface area contributed by atoms with Crippen LogP contribution in [0.1, 0.15) is 35.3 Å². The fourth-order valence-electron chi connectivity index (χ4n) is 4.57. The average molecular weight is 398 g/mol. The minimum Gasteiger partial charge on any atom is -0.330 e. The summed E-state index contributed by atoms with van der Waals surface area (Å²) in [5.41, 5.74) is 1.34. The van der Waals surface area contributed by atoms with E-state index >= 15 is 0 Å². The van der Waals surface area contributed by atoms with Crippen LogP contribution in [-0.2, 0) is 0 Å². The van der Waals surface area contributed by atoms with Crippen molar-refractivity contribution in [1.29, 1.82) is 0 Å². The number of halogens is 2. The van der Waals surface area contributed by atoms with Crippen molar-refractivity contribution in [2.24, 2.45) is 0 Å². The lowest BCUT2D eigenvalue weighted by atomic mass is 10.1. The van der Waals surface area contributed by atoms with E-state index < -0.39 is 6.43 Å². The molecule has 2 fully saturated rings. The highest BCUT2D eigenvalue weighted by Gasteiger charge is 2.37. The van der Waals surface area contributed by atoms with Gasteiger partial charge in [0.05, 0.1) is 38.1 Å². The van der Waals surface area contributed by atoms with E-state index in [1.807, 2.05) is 35.2 Å². The van der Waals surface area contributed by atoms with Crippen molar-refractivity contribution in [3.05, 3.63) is 53.9 Å². The molecule has 0 bridgehead atoms. The summed E-state index contributed by atoms with van der Waals surface area (Å²) in [4.78, 5) is 21.2. The van der Waals surface area contributed by atoms with Crippen LogP contribution in [0.15, 0.2) is 42.6 Å². The first-order valence-corrected chi connectivity index (χ1v) is 9.98. The maximum absolute atomic E-state index is 13.7. The van der Waals surface area contributed by atoms with Gasteiger partial charge in [-0.2, -0.15) is 5.10 Å². The van der Waals surface area contributed by atoms with Crippen molar-refractivity contribution in [3.63, 3.8) is 0 Å². The molecule has 0 radical (unpaired) electrons. The number of nitrogens with one attached hydrogen (secondary N) is 1. The number of carbonyl (C=O) groups is 1. The third kappa shape index (κ3) is 3.17. The number of aromatic nitrogens is 3. The van der Waals surface area contributed by atoms with E-state index in [1.54, 1.807) is 4.90 Å². The van der Waals surface area contributed by atoms with Gasteiger partial charge in [-0.1, -0.05) is 30.3 Å². The monoisotopic (exact) mass is 398 g/mol. The summed E-state index contributed by atoms with van der Waals surface area (Å²) in [6, 6.07) is 11.0. The van der Waals surface area contributed by atoms with Crippen LogP contribution < -0.4 is 4.90 Å². The molecule has 2 aliphatic rings. The fraction of sp³-hybridized carbons (Fsp3) is 0.381. The summed E-state index contributed by atoms with van der Waals surface area (Å²) in [6.45, 7) is 3.47. The van der Waals surface area contributed by atoms with Gasteiger partial charge in [-0.05, 0) is 6.07 Å². The zero-order valence-electron chi connectivity index (χ0n) is 15.9. The molecular weight excluding hydrogens is 376 g/mol. The van der Waals surface area contributed by atoms with Crippen LogP contribution in [-0.4, -0.2) is 57.6 Å². The van der Waals surface area contributed by atoms with E-state index in [4.69, 9.17) is 0 Å². The second-order valence-corrected chi connectivity index (χ2v) is 7.78. The summed E-state index contributed by atoms with van der Waals surface area (Å²) >= 11 is 0. The van der Waals surface area contributed by atoms with Gasteiger partial charge in [-0.15, -0.1) is 0 Å². The molecule has 6 nitrogen and oxygen atoms in total. The van der Waals surface area contributed by atoms with E-state index in [1.165, 1.54) is 25.2 Å². The van der Waals surface area contributed by atoms with Crippen molar-refractivity contribution in [3.8, 4) is 11.3 Å². The zero-order valence-corrected chi connectivity index (χ0v) is 15.9. The minimum absolute atomic E-state index is 0.177. The van der Waals surface area contributed by atoms with E-state index in [9.17, 15) is 13.6 Å². The van der Waals surface area contributed by atoms with Crippen LogP contribution in [0.2, 0.25) is 0 Å². The largest absolute Gasteiger partial charge is 0.330 e. The van der Waals surface area contributed by atoms with Crippen LogP contribution >= 0.6 is 0 Å². The number of fused-ring (bicyclic) bond motifs is 2. The molecule has 150 valence electrons. The van der Waals surface area contributed by atoms with Crippen molar-refractivity contribution in [1.82, 2.24) is 19.5 Å². The first-order chi connectivity index (χ1) is 14.1. The summed E-state index contributed by atoms with van der Waals surface area (Å²) in [7, 11) is 0. The normalized spacial score (nSPS) is 21.7. The Morgan fingerprint density at radius 2 is 2.03 bits per heavy atom. The molecule has 5 rings (SSSR count). The molecular formula is C21H22F2N5O+. The molecule has 29 heavy (non-hydrogen) atoms. The molecule has 0 saturated carbocycles. The Balaban J connectivity index is 1.56. The predicted molar refractivity (Wildman–Crippen MR) is 103 cm³/mol. The highest BCUT2D eigenvalue weighted by atomic mass is 19.3. The number of nitrogens with zero attached hydrogens (tertiary/aromatic N) is 4. The molecule has 3 aromatic rings. The molecule has 8 heteroatoms. The number of amides is 1. The number of alkyl halides is 2. The van der Waals surface area contributed by atoms with Crippen LogP contribution in [0, 0.1) is 0 Å². The number of hydrogen-bond donors (Lipinski definition) is 1. The van der Waals surface area contributed by atoms with E-state index in [-0.39, 0.29) is 22.8 Å². The minimum atomic E-state index is -2.73. The van der Waals surface area contributed by atoms with Crippen molar-refractivity contribution in [2.45, 2.75) is 25.3 Å². The van der Waals surface area contributed by atoms with E-state index in [2.05, 4.69) is 10.1 Å². The molecule has 0 aliphatic carbocycles. The lowest BCUT2D eigenvalue weighted by Gasteiger charge is -2.34. The molecule has 1 aromatic carbocycles. The van der Waals surface area contributed by atoms with Crippen molar-refractivity contribution in [2.75, 3.05) is 26.2 Å². The number of carbonyl (C=O) groups excluding carboxylic acids is 1. The Morgan fingerprint density at radius 1 is 1.21 bits per heavy atom. The first-order valence-electron chi connectivity index (χ1n) is 9.98. The van der Waals surface area contributed by atoms with Crippen molar-refractivity contribution < 1.29 is 18.5 Å². The standard InChI is InChI=1S/C21H21F2N5O/c22-19(23)18-11-17(14-5-2-1-3-6-14)25-20-16(12-24-28(18)20)21(29)27-10-9-26-8-4-7-15(26)13-27/h1-3,5-6,11-12,15,19H,4,7-10,13H2/p+1/t15-/m0/s1. The van der Waals surface area contributed by atoms with Crippen LogP contribution in [0.25, 0.3) is 16.9 Å². The summed E-state index contributed by atoms with van der Waals surface area (Å²) < 4.78 is 28.5. The summed E-state index contributed by atoms with van der Waals surface area (Å²) in [5, 5.41) is 4.08. The Bertz CT molecular complexity index is 1050. The van der Waals surface area contributed by atoms with Gasteiger partial charge in [0.15, 0.2) is 5.65 Å². The molecule has 0 spiro atoms. The number of piperazine rings is 1. The maximum Gasteiger partial charge on any atom is 0.280 e. The van der Waals surface area contributed by atoms with Crippen molar-refractivity contribution >= 4 is 11.6 Å². The number of benzene rings is 1. The Labute approximate surface area is 166 Å². The molecule has 2 saturated heterocycles. The lowest BCUT2D eigenvalue weighted by molar-refractivity contribution is -0.916. The molecule has 2 atom stereocenters. The molecule has 1 amide bonds. The summed E-state index contributed by atoms with van der Waals surface area (Å²) in [5.74, 6) is -0.177. The SMILES string of the molecule is O=C(c1cnn2c(C(F)F)cc(-c3ccccc3)nc12)N1CC[NH+]2CCC[C@H]2C1. The third-order valence-electron chi connectivity index (χ3n) is 6.08. The average Bonchev–Trinajstić information content (AvgIpc) is 3.39. The van der Waals surface area contributed by atoms with Crippen LogP contribution in [0.4, 0.5) is 8.78 Å². The number of hydrogen-bond acceptors (Lipinski definition) is 3. The smallest absolute Gasteiger partial charge is 0.280 e. The maximum atomic E-state index is 13.7. The zero-order chi connectivity index (χ0) is 20.0. The first kappa shape index (κ1) is 18.2. The predicted octanol–water partition coefficient (Wildman–Crippen LogP) is 1.84.